The predicted molar refractivity (Wildman–Crippen MR) is 146 cm³/mol. The molecule has 5 rings (SSSR count). The van der Waals surface area contributed by atoms with Crippen molar-refractivity contribution in [2.75, 3.05) is 0 Å². The van der Waals surface area contributed by atoms with E-state index in [0.717, 1.165) is 45.4 Å². The van der Waals surface area contributed by atoms with Gasteiger partial charge in [-0.2, -0.15) is 0 Å². The standard InChI is InChI=1S/C30H31FN6O/c1-4-27(29-33-34-35-37(29)18-22-8-6-5-7-9-22)36(17-23-10-12-26(31)13-11-23)19-25-16-24-15-20(2)14-21(3)28(24)32-30(25)38/h5-16,27H,4,17-19H2,1-3H3,(H,32,38). The van der Waals surface area contributed by atoms with Crippen LogP contribution in [0.3, 0.4) is 0 Å². The molecular weight excluding hydrogens is 479 g/mol. The molecule has 0 saturated heterocycles. The Morgan fingerprint density at radius 3 is 2.47 bits per heavy atom. The fourth-order valence-corrected chi connectivity index (χ4v) is 5.09. The Hall–Kier alpha value is -4.17. The van der Waals surface area contributed by atoms with Crippen LogP contribution in [0.5, 0.6) is 0 Å². The van der Waals surface area contributed by atoms with Crippen LogP contribution in [0.15, 0.2) is 77.6 Å². The number of aryl methyl sites for hydroxylation is 2. The minimum Gasteiger partial charge on any atom is -0.321 e. The molecule has 5 aromatic rings. The highest BCUT2D eigenvalue weighted by Gasteiger charge is 2.26. The number of fused-ring (bicyclic) bond motifs is 1. The maximum atomic E-state index is 13.7. The van der Waals surface area contributed by atoms with E-state index < -0.39 is 0 Å². The van der Waals surface area contributed by atoms with E-state index in [4.69, 9.17) is 0 Å². The quantitative estimate of drug-likeness (QED) is 0.284. The summed E-state index contributed by atoms with van der Waals surface area (Å²) in [5.74, 6) is 0.443. The highest BCUT2D eigenvalue weighted by atomic mass is 19.1. The molecule has 0 saturated carbocycles. The smallest absolute Gasteiger partial charge is 0.252 e. The van der Waals surface area contributed by atoms with Gasteiger partial charge in [-0.3, -0.25) is 9.69 Å². The Morgan fingerprint density at radius 2 is 1.74 bits per heavy atom. The van der Waals surface area contributed by atoms with Crippen molar-refractivity contribution in [1.82, 2.24) is 30.1 Å². The van der Waals surface area contributed by atoms with E-state index in [1.807, 2.05) is 48.0 Å². The van der Waals surface area contributed by atoms with E-state index in [2.05, 4.69) is 51.4 Å². The van der Waals surface area contributed by atoms with Gasteiger partial charge >= 0.3 is 0 Å². The number of H-pyrrole nitrogens is 1. The number of rotatable bonds is 9. The molecule has 7 nitrogen and oxygen atoms in total. The van der Waals surface area contributed by atoms with Crippen LogP contribution in [0.4, 0.5) is 4.39 Å². The molecule has 3 aromatic carbocycles. The minimum atomic E-state index is -0.282. The monoisotopic (exact) mass is 510 g/mol. The second-order valence-electron chi connectivity index (χ2n) is 9.81. The van der Waals surface area contributed by atoms with E-state index in [0.29, 0.717) is 25.2 Å². The molecule has 2 aromatic heterocycles. The summed E-state index contributed by atoms with van der Waals surface area (Å²) < 4.78 is 15.5. The molecule has 1 atom stereocenters. The summed E-state index contributed by atoms with van der Waals surface area (Å²) in [6, 6.07) is 22.5. The molecule has 0 amide bonds. The fourth-order valence-electron chi connectivity index (χ4n) is 5.09. The van der Waals surface area contributed by atoms with Crippen molar-refractivity contribution in [3.05, 3.63) is 123 Å². The molecule has 0 aliphatic rings. The third kappa shape index (κ3) is 5.55. The van der Waals surface area contributed by atoms with Gasteiger partial charge < -0.3 is 4.98 Å². The summed E-state index contributed by atoms with van der Waals surface area (Å²) in [5, 5.41) is 13.7. The molecule has 0 bridgehead atoms. The predicted octanol–water partition coefficient (Wildman–Crippen LogP) is 5.47. The summed E-state index contributed by atoms with van der Waals surface area (Å²) in [4.78, 5) is 18.5. The SMILES string of the molecule is CCC(c1nnnn1Cc1ccccc1)N(Cc1ccc(F)cc1)Cc1cc2cc(C)cc(C)c2[nH]c1=O. The Morgan fingerprint density at radius 1 is 0.974 bits per heavy atom. The molecule has 38 heavy (non-hydrogen) atoms. The maximum Gasteiger partial charge on any atom is 0.252 e. The maximum absolute atomic E-state index is 13.7. The Labute approximate surface area is 220 Å². The minimum absolute atomic E-state index is 0.118. The molecule has 0 fully saturated rings. The second-order valence-corrected chi connectivity index (χ2v) is 9.81. The van der Waals surface area contributed by atoms with Crippen LogP contribution in [-0.2, 0) is 19.6 Å². The number of aromatic amines is 1. The first-order valence-corrected chi connectivity index (χ1v) is 12.8. The van der Waals surface area contributed by atoms with Crippen LogP contribution < -0.4 is 5.56 Å². The van der Waals surface area contributed by atoms with Crippen LogP contribution in [0.1, 0.15) is 53.0 Å². The van der Waals surface area contributed by atoms with Crippen LogP contribution >= 0.6 is 0 Å². The van der Waals surface area contributed by atoms with Crippen molar-refractivity contribution >= 4 is 10.9 Å². The van der Waals surface area contributed by atoms with Crippen molar-refractivity contribution in [2.45, 2.75) is 52.9 Å². The van der Waals surface area contributed by atoms with Crippen molar-refractivity contribution < 1.29 is 4.39 Å². The van der Waals surface area contributed by atoms with Crippen molar-refractivity contribution in [3.8, 4) is 0 Å². The second kappa shape index (κ2) is 11.1. The van der Waals surface area contributed by atoms with Gasteiger partial charge in [0.2, 0.25) is 0 Å². The third-order valence-electron chi connectivity index (χ3n) is 6.90. The lowest BCUT2D eigenvalue weighted by Crippen LogP contribution is -2.32. The molecule has 1 N–H and O–H groups in total. The number of pyridine rings is 1. The molecule has 2 heterocycles. The lowest BCUT2D eigenvalue weighted by molar-refractivity contribution is 0.161. The first kappa shape index (κ1) is 25.5. The zero-order valence-electron chi connectivity index (χ0n) is 21.9. The average molecular weight is 511 g/mol. The summed E-state index contributed by atoms with van der Waals surface area (Å²) in [5.41, 5.74) is 5.61. The first-order chi connectivity index (χ1) is 18.4. The molecular formula is C30H31FN6O. The summed E-state index contributed by atoms with van der Waals surface area (Å²) in [7, 11) is 0. The highest BCUT2D eigenvalue weighted by Crippen LogP contribution is 2.27. The van der Waals surface area contributed by atoms with Crippen LogP contribution in [0, 0.1) is 19.7 Å². The zero-order valence-corrected chi connectivity index (χ0v) is 21.9. The lowest BCUT2D eigenvalue weighted by atomic mass is 10.0. The number of hydrogen-bond donors (Lipinski definition) is 1. The van der Waals surface area contributed by atoms with E-state index >= 15 is 0 Å². The number of nitrogens with one attached hydrogen (secondary N) is 1. The summed E-state index contributed by atoms with van der Waals surface area (Å²) >= 11 is 0. The third-order valence-corrected chi connectivity index (χ3v) is 6.90. The van der Waals surface area contributed by atoms with Crippen molar-refractivity contribution in [3.63, 3.8) is 0 Å². The Balaban J connectivity index is 1.54. The molecule has 1 unspecified atom stereocenters. The molecule has 8 heteroatoms. The molecule has 194 valence electrons. The molecule has 0 aliphatic carbocycles. The van der Waals surface area contributed by atoms with E-state index in [9.17, 15) is 9.18 Å². The normalized spacial score (nSPS) is 12.3. The van der Waals surface area contributed by atoms with Gasteiger partial charge in [-0.15, -0.1) is 5.10 Å². The molecule has 0 spiro atoms. The van der Waals surface area contributed by atoms with Gasteiger partial charge in [0.05, 0.1) is 18.1 Å². The number of aromatic nitrogens is 5. The van der Waals surface area contributed by atoms with Crippen molar-refractivity contribution in [2.24, 2.45) is 0 Å². The fraction of sp³-hybridized carbons (Fsp3) is 0.267. The van der Waals surface area contributed by atoms with Crippen LogP contribution in [0.2, 0.25) is 0 Å². The van der Waals surface area contributed by atoms with Gasteiger partial charge in [0.25, 0.3) is 5.56 Å². The number of nitrogens with zero attached hydrogens (tertiary/aromatic N) is 5. The number of halogens is 1. The van der Waals surface area contributed by atoms with Gasteiger partial charge in [0.15, 0.2) is 5.82 Å². The average Bonchev–Trinajstić information content (AvgIpc) is 3.35. The van der Waals surface area contributed by atoms with Gasteiger partial charge in [-0.1, -0.05) is 61.0 Å². The van der Waals surface area contributed by atoms with Gasteiger partial charge in [-0.25, -0.2) is 9.07 Å². The van der Waals surface area contributed by atoms with Gasteiger partial charge in [0.1, 0.15) is 5.82 Å². The van der Waals surface area contributed by atoms with E-state index in [-0.39, 0.29) is 17.4 Å². The Bertz CT molecular complexity index is 1590. The topological polar surface area (TPSA) is 79.7 Å². The lowest BCUT2D eigenvalue weighted by Gasteiger charge is -2.30. The first-order valence-electron chi connectivity index (χ1n) is 12.8. The highest BCUT2D eigenvalue weighted by molar-refractivity contribution is 5.82. The van der Waals surface area contributed by atoms with Crippen LogP contribution in [-0.4, -0.2) is 30.1 Å². The van der Waals surface area contributed by atoms with Crippen molar-refractivity contribution in [1.29, 1.82) is 0 Å². The summed E-state index contributed by atoms with van der Waals surface area (Å²) in [6.07, 6.45) is 0.722. The van der Waals surface area contributed by atoms with Gasteiger partial charge in [0, 0.05) is 18.7 Å². The van der Waals surface area contributed by atoms with Crippen LogP contribution in [0.25, 0.3) is 10.9 Å². The number of benzene rings is 3. The number of hydrogen-bond acceptors (Lipinski definition) is 5. The largest absolute Gasteiger partial charge is 0.321 e. The Kier molecular flexibility index (Phi) is 7.42. The zero-order chi connectivity index (χ0) is 26.6. The number of tetrazole rings is 1. The summed E-state index contributed by atoms with van der Waals surface area (Å²) in [6.45, 7) is 7.57. The molecule has 0 radical (unpaired) electrons. The molecule has 0 aliphatic heterocycles. The van der Waals surface area contributed by atoms with E-state index in [1.165, 1.54) is 12.1 Å². The van der Waals surface area contributed by atoms with Gasteiger partial charge in [-0.05, 0) is 77.0 Å². The van der Waals surface area contributed by atoms with E-state index in [1.54, 1.807) is 12.1 Å².